The van der Waals surface area contributed by atoms with Crippen molar-refractivity contribution in [2.24, 2.45) is 0 Å². The van der Waals surface area contributed by atoms with E-state index in [1.807, 2.05) is 0 Å². The summed E-state index contributed by atoms with van der Waals surface area (Å²) in [6, 6.07) is 9.92. The molecule has 0 radical (unpaired) electrons. The molecule has 182 valence electrons. The first-order valence-electron chi connectivity index (χ1n) is 10.8. The van der Waals surface area contributed by atoms with Gasteiger partial charge in [0.25, 0.3) is 0 Å². The molecule has 0 aliphatic carbocycles. The number of ether oxygens (including phenoxy) is 2. The number of hydrogen-bond acceptors (Lipinski definition) is 8. The number of hydrogen-bond donors (Lipinski definition) is 0. The van der Waals surface area contributed by atoms with E-state index in [4.69, 9.17) is 26.1 Å². The van der Waals surface area contributed by atoms with Crippen molar-refractivity contribution in [3.05, 3.63) is 47.0 Å². The number of carbonyl (C=O) groups excluding carboxylic acids is 1. The van der Waals surface area contributed by atoms with Gasteiger partial charge in [0, 0.05) is 32.4 Å². The summed E-state index contributed by atoms with van der Waals surface area (Å²) >= 11 is 7.76. The average molecular weight is 524 g/mol. The number of fused-ring (bicyclic) bond motifs is 1. The molecule has 0 bridgehead atoms. The minimum absolute atomic E-state index is 0.119. The third kappa shape index (κ3) is 5.69. The summed E-state index contributed by atoms with van der Waals surface area (Å²) in [5, 5.41) is 1.10. The summed E-state index contributed by atoms with van der Waals surface area (Å²) in [6.45, 7) is 4.12. The number of methoxy groups -OCH3 is 1. The van der Waals surface area contributed by atoms with Crippen molar-refractivity contribution in [1.82, 2.24) is 9.88 Å². The number of sulfone groups is 1. The number of benzene rings is 2. The molecule has 1 aliphatic heterocycles. The quantitative estimate of drug-likeness (QED) is 0.447. The molecular formula is C23H26ClN3O5S2. The predicted molar refractivity (Wildman–Crippen MR) is 134 cm³/mol. The summed E-state index contributed by atoms with van der Waals surface area (Å²) in [6.07, 6.45) is 1.28. The molecule has 1 aromatic heterocycles. The molecule has 3 aromatic rings. The fourth-order valence-electron chi connectivity index (χ4n) is 3.74. The molecule has 0 atom stereocenters. The molecule has 0 N–H and O–H groups in total. The Morgan fingerprint density at radius 2 is 1.91 bits per heavy atom. The minimum atomic E-state index is -3.30. The van der Waals surface area contributed by atoms with Crippen LogP contribution in [0.5, 0.6) is 5.75 Å². The summed E-state index contributed by atoms with van der Waals surface area (Å²) in [4.78, 5) is 22.3. The number of nitrogens with zero attached hydrogens (tertiary/aromatic N) is 3. The molecule has 4 rings (SSSR count). The number of anilines is 1. The Bertz CT molecular complexity index is 1270. The number of aromatic nitrogens is 1. The van der Waals surface area contributed by atoms with Crippen molar-refractivity contribution >= 4 is 54.0 Å². The van der Waals surface area contributed by atoms with E-state index in [0.29, 0.717) is 47.7 Å². The Hall–Kier alpha value is -2.24. The van der Waals surface area contributed by atoms with E-state index in [-0.39, 0.29) is 17.2 Å². The first-order chi connectivity index (χ1) is 16.3. The van der Waals surface area contributed by atoms with Crippen LogP contribution in [0.15, 0.2) is 41.3 Å². The van der Waals surface area contributed by atoms with Crippen LogP contribution in [0.4, 0.5) is 5.13 Å². The largest absolute Gasteiger partial charge is 0.494 e. The maximum Gasteiger partial charge on any atom is 0.233 e. The Labute approximate surface area is 208 Å². The molecule has 1 fully saturated rings. The lowest BCUT2D eigenvalue weighted by molar-refractivity contribution is -0.118. The standard InChI is InChI=1S/C23H26ClN3O5S2/c1-31-19-8-7-18(24)22-21(19)25-23(33-22)27(10-9-26-11-13-32-14-12-26)20(28)15-16-3-5-17(6-4-16)34(2,29)30/h3-8H,9-15H2,1-2H3. The second-order valence-electron chi connectivity index (χ2n) is 8.02. The number of rotatable bonds is 8. The van der Waals surface area contributed by atoms with Gasteiger partial charge in [-0.2, -0.15) is 0 Å². The molecule has 8 nitrogen and oxygen atoms in total. The Kier molecular flexibility index (Phi) is 7.73. The molecule has 1 saturated heterocycles. The van der Waals surface area contributed by atoms with Gasteiger partial charge in [0.2, 0.25) is 5.91 Å². The van der Waals surface area contributed by atoms with Gasteiger partial charge in [-0.25, -0.2) is 13.4 Å². The summed E-state index contributed by atoms with van der Waals surface area (Å²) in [7, 11) is -1.73. The van der Waals surface area contributed by atoms with Crippen LogP contribution >= 0.6 is 22.9 Å². The van der Waals surface area contributed by atoms with Crippen LogP contribution in [0.25, 0.3) is 10.2 Å². The fourth-order valence-corrected chi connectivity index (χ4v) is 5.67. The minimum Gasteiger partial charge on any atom is -0.494 e. The molecule has 34 heavy (non-hydrogen) atoms. The van der Waals surface area contributed by atoms with Crippen molar-refractivity contribution in [2.75, 3.05) is 57.7 Å². The van der Waals surface area contributed by atoms with E-state index in [1.54, 1.807) is 36.3 Å². The van der Waals surface area contributed by atoms with Gasteiger partial charge in [-0.1, -0.05) is 35.1 Å². The number of morpholine rings is 1. The van der Waals surface area contributed by atoms with Crippen molar-refractivity contribution in [1.29, 1.82) is 0 Å². The molecular weight excluding hydrogens is 498 g/mol. The van der Waals surface area contributed by atoms with Gasteiger partial charge < -0.3 is 9.47 Å². The first kappa shape index (κ1) is 24.9. The molecule has 1 amide bonds. The molecule has 11 heteroatoms. The molecule has 0 unspecified atom stereocenters. The van der Waals surface area contributed by atoms with E-state index in [2.05, 4.69) is 4.90 Å². The highest BCUT2D eigenvalue weighted by Gasteiger charge is 2.23. The normalized spacial score (nSPS) is 14.9. The van der Waals surface area contributed by atoms with Crippen LogP contribution < -0.4 is 9.64 Å². The molecule has 2 heterocycles. The molecule has 0 saturated carbocycles. The SMILES string of the molecule is COc1ccc(Cl)c2sc(N(CCN3CCOCC3)C(=O)Cc3ccc(S(C)(=O)=O)cc3)nc12. The molecule has 2 aromatic carbocycles. The van der Waals surface area contributed by atoms with Gasteiger partial charge in [-0.3, -0.25) is 14.6 Å². The lowest BCUT2D eigenvalue weighted by atomic mass is 10.1. The van der Waals surface area contributed by atoms with Crippen molar-refractivity contribution in [3.8, 4) is 5.75 Å². The zero-order chi connectivity index (χ0) is 24.3. The van der Waals surface area contributed by atoms with Gasteiger partial charge in [0.15, 0.2) is 15.0 Å². The van der Waals surface area contributed by atoms with E-state index in [1.165, 1.54) is 23.5 Å². The Morgan fingerprint density at radius 3 is 2.56 bits per heavy atom. The number of amides is 1. The van der Waals surface area contributed by atoms with Crippen molar-refractivity contribution < 1.29 is 22.7 Å². The van der Waals surface area contributed by atoms with Gasteiger partial charge in [-0.05, 0) is 29.8 Å². The van der Waals surface area contributed by atoms with E-state index in [0.717, 1.165) is 29.6 Å². The third-order valence-corrected chi connectivity index (χ3v) is 8.32. The van der Waals surface area contributed by atoms with Crippen LogP contribution in [-0.2, 0) is 25.8 Å². The van der Waals surface area contributed by atoms with Crippen LogP contribution in [0.1, 0.15) is 5.56 Å². The highest BCUT2D eigenvalue weighted by atomic mass is 35.5. The van der Waals surface area contributed by atoms with E-state index >= 15 is 0 Å². The molecule has 1 aliphatic rings. The topological polar surface area (TPSA) is 89.0 Å². The zero-order valence-corrected chi connectivity index (χ0v) is 21.4. The van der Waals surface area contributed by atoms with Gasteiger partial charge in [0.1, 0.15) is 11.3 Å². The zero-order valence-electron chi connectivity index (χ0n) is 19.0. The number of thiazole rings is 1. The van der Waals surface area contributed by atoms with Crippen LogP contribution in [0.3, 0.4) is 0 Å². The summed E-state index contributed by atoms with van der Waals surface area (Å²) in [5.74, 6) is 0.466. The number of carbonyl (C=O) groups is 1. The fraction of sp³-hybridized carbons (Fsp3) is 0.391. The maximum atomic E-state index is 13.5. The monoisotopic (exact) mass is 523 g/mol. The lowest BCUT2D eigenvalue weighted by Gasteiger charge is -2.29. The smallest absolute Gasteiger partial charge is 0.233 e. The van der Waals surface area contributed by atoms with Gasteiger partial charge in [0.05, 0.1) is 41.4 Å². The average Bonchev–Trinajstić information content (AvgIpc) is 3.26. The van der Waals surface area contributed by atoms with Crippen LogP contribution in [0, 0.1) is 0 Å². The highest BCUT2D eigenvalue weighted by Crippen LogP contribution is 2.38. The van der Waals surface area contributed by atoms with E-state index in [9.17, 15) is 13.2 Å². The first-order valence-corrected chi connectivity index (χ1v) is 13.9. The molecule has 0 spiro atoms. The summed E-state index contributed by atoms with van der Waals surface area (Å²) < 4.78 is 35.1. The third-order valence-electron chi connectivity index (χ3n) is 5.65. The Morgan fingerprint density at radius 1 is 1.21 bits per heavy atom. The Balaban J connectivity index is 1.61. The van der Waals surface area contributed by atoms with E-state index < -0.39 is 9.84 Å². The van der Waals surface area contributed by atoms with Gasteiger partial charge in [-0.15, -0.1) is 0 Å². The summed E-state index contributed by atoms with van der Waals surface area (Å²) in [5.41, 5.74) is 1.35. The van der Waals surface area contributed by atoms with Crippen LogP contribution in [-0.4, -0.2) is 77.0 Å². The maximum absolute atomic E-state index is 13.5. The van der Waals surface area contributed by atoms with Crippen molar-refractivity contribution in [2.45, 2.75) is 11.3 Å². The lowest BCUT2D eigenvalue weighted by Crippen LogP contribution is -2.43. The predicted octanol–water partition coefficient (Wildman–Crippen LogP) is 3.27. The second kappa shape index (κ2) is 10.6. The second-order valence-corrected chi connectivity index (χ2v) is 11.4. The van der Waals surface area contributed by atoms with Crippen molar-refractivity contribution in [3.63, 3.8) is 0 Å². The van der Waals surface area contributed by atoms with Gasteiger partial charge >= 0.3 is 0 Å². The number of halogens is 1. The van der Waals surface area contributed by atoms with Crippen LogP contribution in [0.2, 0.25) is 5.02 Å². The highest BCUT2D eigenvalue weighted by molar-refractivity contribution is 7.90.